The molecule has 330 valence electrons. The summed E-state index contributed by atoms with van der Waals surface area (Å²) in [6.07, 6.45) is 39.2. The Morgan fingerprint density at radius 2 is 1.14 bits per heavy atom. The molecule has 0 radical (unpaired) electrons. The Bertz CT molecular complexity index is 1170. The van der Waals surface area contributed by atoms with Crippen molar-refractivity contribution in [3.05, 3.63) is 48.6 Å². The van der Waals surface area contributed by atoms with Crippen LogP contribution in [0, 0.1) is 0 Å². The molecule has 5 N–H and O–H groups in total. The molecule has 0 aromatic rings. The number of ether oxygens (including phenoxy) is 2. The molecular weight excluding hydrogens is 749 g/mol. The van der Waals surface area contributed by atoms with E-state index in [0.717, 1.165) is 51.4 Å². The van der Waals surface area contributed by atoms with E-state index >= 15 is 0 Å². The topological polar surface area (TPSA) is 192 Å². The quantitative estimate of drug-likeness (QED) is 0.0150. The van der Waals surface area contributed by atoms with Gasteiger partial charge in [-0.15, -0.1) is 0 Å². The number of allylic oxidation sites excluding steroid dienone is 7. The predicted octanol–water partition coefficient (Wildman–Crippen LogP) is 10.4. The average Bonchev–Trinajstić information content (AvgIpc) is 3.18. The number of hydrogen-bond acceptors (Lipinski definition) is 10. The maximum absolute atomic E-state index is 12.6. The van der Waals surface area contributed by atoms with Gasteiger partial charge in [-0.3, -0.25) is 23.4 Å². The van der Waals surface area contributed by atoms with Crippen molar-refractivity contribution >= 4 is 25.7 Å². The van der Waals surface area contributed by atoms with Gasteiger partial charge in [0.2, 0.25) is 0 Å². The Morgan fingerprint density at radius 3 is 1.72 bits per heavy atom. The van der Waals surface area contributed by atoms with Crippen molar-refractivity contribution in [1.82, 2.24) is 0 Å². The second kappa shape index (κ2) is 38.9. The van der Waals surface area contributed by atoms with Crippen molar-refractivity contribution in [3.8, 4) is 0 Å². The maximum atomic E-state index is 12.6. The highest BCUT2D eigenvalue weighted by atomic mass is 31.2. The number of aliphatic hydroxyl groups is 1. The summed E-state index contributed by atoms with van der Waals surface area (Å²) in [5, 5.41) is 19.1. The number of esters is 2. The minimum atomic E-state index is -4.76. The van der Waals surface area contributed by atoms with Crippen LogP contribution in [0.25, 0.3) is 0 Å². The Hall–Kier alpha value is -2.60. The summed E-state index contributed by atoms with van der Waals surface area (Å²) in [6.45, 7) is 2.58. The van der Waals surface area contributed by atoms with Crippen LogP contribution < -0.4 is 5.73 Å². The minimum absolute atomic E-state index is 0.00470. The predicted molar refractivity (Wildman–Crippen MR) is 228 cm³/mol. The zero-order valence-corrected chi connectivity index (χ0v) is 36.2. The summed E-state index contributed by atoms with van der Waals surface area (Å²) in [5.74, 6) is -2.61. The van der Waals surface area contributed by atoms with E-state index in [0.29, 0.717) is 19.3 Å². The zero-order valence-electron chi connectivity index (χ0n) is 35.3. The van der Waals surface area contributed by atoms with Crippen LogP contribution in [-0.4, -0.2) is 71.1 Å². The molecule has 0 aromatic heterocycles. The van der Waals surface area contributed by atoms with Crippen LogP contribution in [0.3, 0.4) is 0 Å². The molecule has 2 unspecified atom stereocenters. The van der Waals surface area contributed by atoms with E-state index in [1.165, 1.54) is 77.0 Å². The van der Waals surface area contributed by atoms with E-state index in [1.807, 2.05) is 12.2 Å². The van der Waals surface area contributed by atoms with Crippen LogP contribution in [-0.2, 0) is 37.5 Å². The van der Waals surface area contributed by atoms with Crippen molar-refractivity contribution in [2.75, 3.05) is 19.8 Å². The Balaban J connectivity index is 4.56. The highest BCUT2D eigenvalue weighted by Gasteiger charge is 2.28. The van der Waals surface area contributed by atoms with Gasteiger partial charge in [0, 0.05) is 12.8 Å². The highest BCUT2D eigenvalue weighted by molar-refractivity contribution is 7.47. The largest absolute Gasteiger partial charge is 0.480 e. The molecule has 57 heavy (non-hydrogen) atoms. The smallest absolute Gasteiger partial charge is 0.472 e. The van der Waals surface area contributed by atoms with E-state index in [4.69, 9.17) is 24.8 Å². The molecule has 0 amide bonds. The van der Waals surface area contributed by atoms with Crippen LogP contribution in [0.5, 0.6) is 0 Å². The number of carboxylic acids is 1. The second-order valence-electron chi connectivity index (χ2n) is 14.7. The second-order valence-corrected chi connectivity index (χ2v) is 16.1. The highest BCUT2D eigenvalue weighted by Crippen LogP contribution is 2.43. The normalized spacial score (nSPS) is 14.8. The maximum Gasteiger partial charge on any atom is 0.472 e. The molecule has 0 aliphatic rings. The molecule has 0 aromatic carbocycles. The van der Waals surface area contributed by atoms with E-state index < -0.39 is 63.8 Å². The van der Waals surface area contributed by atoms with Gasteiger partial charge in [-0.05, 0) is 64.2 Å². The first kappa shape index (κ1) is 54.4. The number of nitrogens with two attached hydrogens (primary N) is 1. The summed E-state index contributed by atoms with van der Waals surface area (Å²) in [7, 11) is -4.76. The van der Waals surface area contributed by atoms with Gasteiger partial charge in [-0.25, -0.2) is 4.57 Å². The summed E-state index contributed by atoms with van der Waals surface area (Å²) >= 11 is 0. The molecule has 0 fully saturated rings. The van der Waals surface area contributed by atoms with Crippen LogP contribution in [0.1, 0.15) is 174 Å². The fraction of sp³-hybridized carbons (Fsp3) is 0.750. The number of carbonyl (C=O) groups excluding carboxylic acids is 2. The van der Waals surface area contributed by atoms with E-state index in [2.05, 4.69) is 42.7 Å². The average molecular weight is 828 g/mol. The zero-order chi connectivity index (χ0) is 42.2. The molecule has 0 aliphatic heterocycles. The first-order valence-corrected chi connectivity index (χ1v) is 23.3. The minimum Gasteiger partial charge on any atom is -0.480 e. The third kappa shape index (κ3) is 38.7. The fourth-order valence-electron chi connectivity index (χ4n) is 5.66. The van der Waals surface area contributed by atoms with Gasteiger partial charge >= 0.3 is 25.7 Å². The van der Waals surface area contributed by atoms with Crippen LogP contribution in [0.15, 0.2) is 48.6 Å². The van der Waals surface area contributed by atoms with Gasteiger partial charge in [0.1, 0.15) is 12.6 Å². The van der Waals surface area contributed by atoms with E-state index in [-0.39, 0.29) is 12.8 Å². The van der Waals surface area contributed by atoms with Crippen molar-refractivity contribution < 1.29 is 52.6 Å². The lowest BCUT2D eigenvalue weighted by Crippen LogP contribution is -2.34. The van der Waals surface area contributed by atoms with Gasteiger partial charge in [-0.1, -0.05) is 146 Å². The van der Waals surface area contributed by atoms with Crippen molar-refractivity contribution in [3.63, 3.8) is 0 Å². The van der Waals surface area contributed by atoms with Gasteiger partial charge in [0.25, 0.3) is 0 Å². The van der Waals surface area contributed by atoms with Crippen molar-refractivity contribution in [1.29, 1.82) is 0 Å². The monoisotopic (exact) mass is 828 g/mol. The van der Waals surface area contributed by atoms with Crippen molar-refractivity contribution in [2.24, 2.45) is 5.73 Å². The molecule has 4 atom stereocenters. The van der Waals surface area contributed by atoms with Gasteiger partial charge < -0.3 is 30.3 Å². The molecule has 0 aliphatic carbocycles. The van der Waals surface area contributed by atoms with Crippen molar-refractivity contribution in [2.45, 2.75) is 193 Å². The number of carboxylic acid groups (broad SMARTS) is 1. The summed E-state index contributed by atoms with van der Waals surface area (Å²) in [5.41, 5.74) is 5.32. The Labute approximate surface area is 344 Å². The lowest BCUT2D eigenvalue weighted by Gasteiger charge is -2.20. The number of aliphatic hydroxyl groups excluding tert-OH is 1. The number of phosphoric ester groups is 1. The fourth-order valence-corrected chi connectivity index (χ4v) is 6.43. The summed E-state index contributed by atoms with van der Waals surface area (Å²) < 4.78 is 32.5. The molecular formula is C44H78NO11P. The van der Waals surface area contributed by atoms with Gasteiger partial charge in [0.15, 0.2) is 6.10 Å². The van der Waals surface area contributed by atoms with E-state index in [1.54, 1.807) is 12.2 Å². The SMILES string of the molecule is CCCCCCCC/C=C\CCCCCCCC(=O)O[C@H](COC(=O)CCCC(O)/C=C/C=C/C/C=C/CCCCCCCC)COP(=O)(O)OC[C@H](N)C(=O)O. The standard InChI is InChI=1S/C44H78NO11P/c1-3-5-7-9-11-13-15-17-18-20-22-24-26-28-30-34-43(48)56-40(37-54-57(51,52)55-38-41(45)44(49)50)36-53-42(47)35-31-33-39(46)32-29-27-25-23-21-19-16-14-12-10-8-6-4-2/h17-19,21,25,27,29,32,39-41,46H,3-16,20,22-24,26,28,30-31,33-38,45H2,1-2H3,(H,49,50)(H,51,52)/b18-17-,21-19+,27-25+,32-29+/t39?,40-,41+/m1/s1. The number of aliphatic carboxylic acids is 1. The lowest BCUT2D eigenvalue weighted by atomic mass is 10.1. The molecule has 0 heterocycles. The first-order chi connectivity index (χ1) is 27.5. The van der Waals surface area contributed by atoms with Crippen LogP contribution in [0.2, 0.25) is 0 Å². The molecule has 0 rings (SSSR count). The molecule has 13 heteroatoms. The van der Waals surface area contributed by atoms with E-state index in [9.17, 15) is 28.9 Å². The lowest BCUT2D eigenvalue weighted by molar-refractivity contribution is -0.161. The summed E-state index contributed by atoms with van der Waals surface area (Å²) in [6, 6.07) is -1.55. The van der Waals surface area contributed by atoms with Crippen LogP contribution >= 0.6 is 7.82 Å². The molecule has 0 bridgehead atoms. The first-order valence-electron chi connectivity index (χ1n) is 21.8. The number of hydrogen-bond donors (Lipinski definition) is 4. The third-order valence-corrected chi connectivity index (χ3v) is 10.1. The van der Waals surface area contributed by atoms with Crippen LogP contribution in [0.4, 0.5) is 0 Å². The number of rotatable bonds is 40. The van der Waals surface area contributed by atoms with Gasteiger partial charge in [0.05, 0.1) is 19.3 Å². The van der Waals surface area contributed by atoms with Gasteiger partial charge in [-0.2, -0.15) is 0 Å². The number of unbranched alkanes of at least 4 members (excludes halogenated alkanes) is 17. The summed E-state index contributed by atoms with van der Waals surface area (Å²) in [4.78, 5) is 45.9. The number of carbonyl (C=O) groups is 3. The Kier molecular flexibility index (Phi) is 37.1. The molecule has 0 saturated carbocycles. The number of phosphoric acid groups is 1. The Morgan fingerprint density at radius 1 is 0.632 bits per heavy atom. The molecule has 0 saturated heterocycles. The molecule has 12 nitrogen and oxygen atoms in total. The third-order valence-electron chi connectivity index (χ3n) is 9.15. The molecule has 0 spiro atoms.